The summed E-state index contributed by atoms with van der Waals surface area (Å²) in [6.07, 6.45) is 1.52. The van der Waals surface area contributed by atoms with E-state index in [9.17, 15) is 4.79 Å². The lowest BCUT2D eigenvalue weighted by atomic mass is 10.1. The molecule has 1 fully saturated rings. The van der Waals surface area contributed by atoms with Crippen molar-refractivity contribution in [2.45, 2.75) is 6.92 Å². The van der Waals surface area contributed by atoms with Crippen molar-refractivity contribution in [1.29, 1.82) is 0 Å². The van der Waals surface area contributed by atoms with Crippen LogP contribution in [0.1, 0.15) is 16.1 Å². The molecule has 3 aromatic heterocycles. The Labute approximate surface area is 200 Å². The Morgan fingerprint density at radius 1 is 1.00 bits per heavy atom. The summed E-state index contributed by atoms with van der Waals surface area (Å²) in [6, 6.07) is 17.2. The maximum Gasteiger partial charge on any atom is 0.289 e. The standard InChI is InChI=1S/C25H21ClN6O2/c1-16-4-6-17(7-5-16)22-28-29-23-19-9-8-18(26)15-20(19)27-25(32(22)23)31-12-10-30(11-13-31)24(33)21-3-2-14-34-21/h2-9,14-15H,10-13H2,1H3. The van der Waals surface area contributed by atoms with Gasteiger partial charge in [0.1, 0.15) is 0 Å². The minimum absolute atomic E-state index is 0.0994. The van der Waals surface area contributed by atoms with Gasteiger partial charge in [-0.05, 0) is 37.3 Å². The fourth-order valence-corrected chi connectivity index (χ4v) is 4.53. The van der Waals surface area contributed by atoms with Gasteiger partial charge in [0.2, 0.25) is 5.95 Å². The van der Waals surface area contributed by atoms with Crippen molar-refractivity contribution in [3.63, 3.8) is 0 Å². The predicted molar refractivity (Wildman–Crippen MR) is 130 cm³/mol. The largest absolute Gasteiger partial charge is 0.459 e. The number of carbonyl (C=O) groups is 1. The van der Waals surface area contributed by atoms with Gasteiger partial charge in [0.15, 0.2) is 17.2 Å². The van der Waals surface area contributed by atoms with Crippen molar-refractivity contribution in [2.24, 2.45) is 0 Å². The Bertz CT molecular complexity index is 1500. The number of hydrogen-bond acceptors (Lipinski definition) is 6. The van der Waals surface area contributed by atoms with Crippen LogP contribution in [0, 0.1) is 6.92 Å². The van der Waals surface area contributed by atoms with E-state index in [1.807, 2.05) is 34.7 Å². The molecule has 8 nitrogen and oxygen atoms in total. The molecule has 2 aromatic carbocycles. The predicted octanol–water partition coefficient (Wildman–Crippen LogP) is 4.46. The first-order valence-electron chi connectivity index (χ1n) is 11.1. The van der Waals surface area contributed by atoms with Gasteiger partial charge in [-0.2, -0.15) is 0 Å². The van der Waals surface area contributed by atoms with Gasteiger partial charge < -0.3 is 14.2 Å². The van der Waals surface area contributed by atoms with Crippen molar-refractivity contribution in [2.75, 3.05) is 31.1 Å². The van der Waals surface area contributed by atoms with Crippen LogP contribution in [0.4, 0.5) is 5.95 Å². The van der Waals surface area contributed by atoms with Crippen molar-refractivity contribution in [1.82, 2.24) is 24.5 Å². The number of furan rings is 1. The van der Waals surface area contributed by atoms with Gasteiger partial charge >= 0.3 is 0 Å². The number of hydrogen-bond donors (Lipinski definition) is 0. The van der Waals surface area contributed by atoms with E-state index < -0.39 is 0 Å². The lowest BCUT2D eigenvalue weighted by Gasteiger charge is -2.35. The van der Waals surface area contributed by atoms with Crippen LogP contribution in [-0.4, -0.2) is 56.6 Å². The van der Waals surface area contributed by atoms with Crippen molar-refractivity contribution in [3.8, 4) is 11.4 Å². The van der Waals surface area contributed by atoms with Gasteiger partial charge in [-0.15, -0.1) is 10.2 Å². The fourth-order valence-electron chi connectivity index (χ4n) is 4.36. The molecule has 1 amide bonds. The van der Waals surface area contributed by atoms with E-state index >= 15 is 0 Å². The van der Waals surface area contributed by atoms with Gasteiger partial charge in [-0.3, -0.25) is 4.79 Å². The van der Waals surface area contributed by atoms with Crippen LogP contribution in [0.2, 0.25) is 5.02 Å². The van der Waals surface area contributed by atoms with Crippen LogP contribution in [0.5, 0.6) is 0 Å². The number of amides is 1. The first-order valence-corrected chi connectivity index (χ1v) is 11.5. The molecule has 0 aliphatic carbocycles. The van der Waals surface area contributed by atoms with Crippen molar-refractivity contribution >= 4 is 40.0 Å². The first kappa shape index (κ1) is 20.7. The third-order valence-electron chi connectivity index (χ3n) is 6.18. The quantitative estimate of drug-likeness (QED) is 0.385. The normalized spacial score (nSPS) is 14.3. The first-order chi connectivity index (χ1) is 16.6. The number of fused-ring (bicyclic) bond motifs is 3. The Kier molecular flexibility index (Phi) is 4.95. The molecule has 4 heterocycles. The summed E-state index contributed by atoms with van der Waals surface area (Å²) in [5.74, 6) is 1.71. The zero-order valence-corrected chi connectivity index (χ0v) is 19.2. The lowest BCUT2D eigenvalue weighted by molar-refractivity contribution is 0.0714. The number of aromatic nitrogens is 4. The summed E-state index contributed by atoms with van der Waals surface area (Å²) < 4.78 is 7.29. The van der Waals surface area contributed by atoms with E-state index in [1.54, 1.807) is 17.0 Å². The third-order valence-corrected chi connectivity index (χ3v) is 6.41. The maximum atomic E-state index is 12.7. The molecular weight excluding hydrogens is 452 g/mol. The van der Waals surface area contributed by atoms with Crippen LogP contribution in [0.25, 0.3) is 27.9 Å². The topological polar surface area (TPSA) is 79.8 Å². The Hall–Kier alpha value is -3.91. The zero-order chi connectivity index (χ0) is 23.2. The summed E-state index contributed by atoms with van der Waals surface area (Å²) in [4.78, 5) is 21.7. The number of nitrogens with zero attached hydrogens (tertiary/aromatic N) is 6. The van der Waals surface area contributed by atoms with E-state index in [4.69, 9.17) is 21.0 Å². The minimum Gasteiger partial charge on any atom is -0.459 e. The molecule has 0 bridgehead atoms. The fraction of sp³-hybridized carbons (Fsp3) is 0.200. The van der Waals surface area contributed by atoms with Gasteiger partial charge in [0, 0.05) is 42.2 Å². The second-order valence-corrected chi connectivity index (χ2v) is 8.81. The molecule has 0 saturated carbocycles. The van der Waals surface area contributed by atoms with Crippen molar-refractivity contribution < 1.29 is 9.21 Å². The van der Waals surface area contributed by atoms with Gasteiger partial charge in [-0.25, -0.2) is 9.38 Å². The monoisotopic (exact) mass is 472 g/mol. The Morgan fingerprint density at radius 3 is 2.53 bits per heavy atom. The number of rotatable bonds is 3. The molecule has 1 saturated heterocycles. The molecule has 0 N–H and O–H groups in total. The number of carbonyl (C=O) groups excluding carboxylic acids is 1. The van der Waals surface area contributed by atoms with E-state index in [-0.39, 0.29) is 5.91 Å². The molecule has 0 spiro atoms. The highest BCUT2D eigenvalue weighted by atomic mass is 35.5. The smallest absolute Gasteiger partial charge is 0.289 e. The van der Waals surface area contributed by atoms with Crippen molar-refractivity contribution in [3.05, 3.63) is 77.2 Å². The molecule has 1 aliphatic heterocycles. The van der Waals surface area contributed by atoms with Crippen LogP contribution < -0.4 is 4.90 Å². The van der Waals surface area contributed by atoms with Crippen LogP contribution in [0.15, 0.2) is 65.3 Å². The zero-order valence-electron chi connectivity index (χ0n) is 18.5. The lowest BCUT2D eigenvalue weighted by Crippen LogP contribution is -2.49. The van der Waals surface area contributed by atoms with E-state index in [1.165, 1.54) is 11.8 Å². The summed E-state index contributed by atoms with van der Waals surface area (Å²) in [5, 5.41) is 10.6. The third kappa shape index (κ3) is 3.47. The van der Waals surface area contributed by atoms with E-state index in [0.29, 0.717) is 37.0 Å². The second kappa shape index (κ2) is 8.14. The summed E-state index contributed by atoms with van der Waals surface area (Å²) in [6.45, 7) is 4.40. The van der Waals surface area contributed by atoms with E-state index in [0.717, 1.165) is 33.9 Å². The average molecular weight is 473 g/mol. The number of anilines is 1. The van der Waals surface area contributed by atoms with Crippen LogP contribution in [0.3, 0.4) is 0 Å². The highest BCUT2D eigenvalue weighted by molar-refractivity contribution is 6.31. The Balaban J connectivity index is 1.43. The van der Waals surface area contributed by atoms with E-state index in [2.05, 4.69) is 34.2 Å². The summed E-state index contributed by atoms with van der Waals surface area (Å²) >= 11 is 6.28. The molecule has 6 rings (SSSR count). The average Bonchev–Trinajstić information content (AvgIpc) is 3.54. The molecule has 0 radical (unpaired) electrons. The summed E-state index contributed by atoms with van der Waals surface area (Å²) in [5.41, 5.74) is 3.61. The molecule has 9 heteroatoms. The van der Waals surface area contributed by atoms with Crippen LogP contribution >= 0.6 is 11.6 Å². The molecule has 1 aliphatic rings. The SMILES string of the molecule is Cc1ccc(-c2nnc3c4ccc(Cl)cc4nc(N4CCN(C(=O)c5ccco5)CC4)n23)cc1. The number of benzene rings is 2. The number of piperazine rings is 1. The van der Waals surface area contributed by atoms with Gasteiger partial charge in [0.05, 0.1) is 11.8 Å². The van der Waals surface area contributed by atoms with Gasteiger partial charge in [0.25, 0.3) is 5.91 Å². The summed E-state index contributed by atoms with van der Waals surface area (Å²) in [7, 11) is 0. The van der Waals surface area contributed by atoms with Gasteiger partial charge in [-0.1, -0.05) is 41.4 Å². The highest BCUT2D eigenvalue weighted by Gasteiger charge is 2.27. The number of halogens is 1. The number of aryl methyl sites for hydroxylation is 1. The minimum atomic E-state index is -0.0994. The Morgan fingerprint density at radius 2 is 1.79 bits per heavy atom. The molecule has 5 aromatic rings. The van der Waals surface area contributed by atoms with Crippen LogP contribution in [-0.2, 0) is 0 Å². The molecule has 0 atom stereocenters. The molecular formula is C25H21ClN6O2. The molecule has 34 heavy (non-hydrogen) atoms. The molecule has 0 unspecified atom stereocenters. The molecule has 170 valence electrons. The highest BCUT2D eigenvalue weighted by Crippen LogP contribution is 2.30. The second-order valence-electron chi connectivity index (χ2n) is 8.38. The maximum absolute atomic E-state index is 12.7.